The maximum Gasteiger partial charge on any atom is 0.338 e. The van der Waals surface area contributed by atoms with Crippen molar-refractivity contribution in [2.75, 3.05) is 0 Å². The molecule has 0 N–H and O–H groups in total. The summed E-state index contributed by atoms with van der Waals surface area (Å²) < 4.78 is 7.23. The molecule has 2 heterocycles. The van der Waals surface area contributed by atoms with E-state index in [2.05, 4.69) is 53.4 Å². The number of fused-ring (bicyclic) bond motifs is 1. The van der Waals surface area contributed by atoms with Crippen LogP contribution in [-0.4, -0.2) is 25.9 Å². The van der Waals surface area contributed by atoms with Gasteiger partial charge in [-0.05, 0) is 36.6 Å². The smallest absolute Gasteiger partial charge is 0.338 e. The average Bonchev–Trinajstić information content (AvgIpc) is 3.38. The number of carbonyl (C=O) groups is 1. The zero-order chi connectivity index (χ0) is 20.4. The molecule has 0 amide bonds. The zero-order valence-electron chi connectivity index (χ0n) is 16.6. The Morgan fingerprint density at radius 1 is 1.17 bits per heavy atom. The van der Waals surface area contributed by atoms with Gasteiger partial charge in [0.2, 0.25) is 0 Å². The minimum atomic E-state index is -0.395. The van der Waals surface area contributed by atoms with Crippen LogP contribution in [0.25, 0.3) is 21.6 Å². The lowest BCUT2D eigenvalue weighted by Crippen LogP contribution is -2.05. The monoisotopic (exact) mass is 406 g/mol. The Labute approximate surface area is 173 Å². The van der Waals surface area contributed by atoms with E-state index >= 15 is 0 Å². The Bertz CT molecular complexity index is 1150. The maximum absolute atomic E-state index is 12.4. The number of aromatic nitrogens is 4. The van der Waals surface area contributed by atoms with Crippen LogP contribution in [0.5, 0.6) is 0 Å². The van der Waals surface area contributed by atoms with Crippen LogP contribution < -0.4 is 0 Å². The third-order valence-corrected chi connectivity index (χ3v) is 5.72. The second kappa shape index (κ2) is 8.13. The molecule has 7 heteroatoms. The van der Waals surface area contributed by atoms with Gasteiger partial charge in [0.25, 0.3) is 0 Å². The van der Waals surface area contributed by atoms with Gasteiger partial charge in [-0.2, -0.15) is 0 Å². The van der Waals surface area contributed by atoms with Crippen molar-refractivity contribution in [1.29, 1.82) is 0 Å². The molecule has 0 aliphatic heterocycles. The molecule has 0 fully saturated rings. The Morgan fingerprint density at radius 2 is 1.97 bits per heavy atom. The van der Waals surface area contributed by atoms with Crippen LogP contribution in [0.1, 0.15) is 48.3 Å². The summed E-state index contributed by atoms with van der Waals surface area (Å²) in [5.74, 6) is 0.106. The van der Waals surface area contributed by atoms with Crippen LogP contribution in [0, 0.1) is 0 Å². The zero-order valence-corrected chi connectivity index (χ0v) is 17.4. The van der Waals surface area contributed by atoms with Crippen LogP contribution >= 0.6 is 11.3 Å². The van der Waals surface area contributed by atoms with Gasteiger partial charge in [0, 0.05) is 17.5 Å². The predicted molar refractivity (Wildman–Crippen MR) is 114 cm³/mol. The van der Waals surface area contributed by atoms with E-state index in [0.717, 1.165) is 28.3 Å². The average molecular weight is 407 g/mol. The highest BCUT2D eigenvalue weighted by Gasteiger charge is 2.13. The van der Waals surface area contributed by atoms with E-state index < -0.39 is 5.97 Å². The Kier molecular flexibility index (Phi) is 5.40. The van der Waals surface area contributed by atoms with E-state index in [1.54, 1.807) is 28.2 Å². The topological polar surface area (TPSA) is 69.9 Å². The minimum Gasteiger partial charge on any atom is -0.456 e. The van der Waals surface area contributed by atoms with Gasteiger partial charge in [-0.15, -0.1) is 16.4 Å². The molecule has 0 aliphatic carbocycles. The lowest BCUT2D eigenvalue weighted by atomic mass is 10.0. The predicted octanol–water partition coefficient (Wildman–Crippen LogP) is 5.06. The molecule has 2 aromatic heterocycles. The first-order chi connectivity index (χ1) is 14.0. The van der Waals surface area contributed by atoms with E-state index in [-0.39, 0.29) is 6.61 Å². The highest BCUT2D eigenvalue weighted by atomic mass is 32.1. The first kappa shape index (κ1) is 19.3. The van der Waals surface area contributed by atoms with Crippen molar-refractivity contribution < 1.29 is 9.53 Å². The second-order valence-corrected chi connectivity index (χ2v) is 7.96. The summed E-state index contributed by atoms with van der Waals surface area (Å²) in [5.41, 5.74) is 5.15. The lowest BCUT2D eigenvalue weighted by Gasteiger charge is -2.05. The summed E-state index contributed by atoms with van der Waals surface area (Å²) in [4.78, 5) is 17.0. The number of carbonyl (C=O) groups excluding carboxylic acids is 1. The second-order valence-electron chi connectivity index (χ2n) is 7.11. The normalized spacial score (nSPS) is 11.3. The van der Waals surface area contributed by atoms with Gasteiger partial charge in [-0.3, -0.25) is 0 Å². The number of hydrogen-bond acceptors (Lipinski definition) is 6. The summed E-state index contributed by atoms with van der Waals surface area (Å²) in [6, 6.07) is 13.7. The summed E-state index contributed by atoms with van der Waals surface area (Å²) in [6.45, 7) is 7.21. The van der Waals surface area contributed by atoms with E-state index in [1.807, 2.05) is 18.4 Å². The molecule has 4 aromatic rings. The van der Waals surface area contributed by atoms with Crippen LogP contribution in [0.4, 0.5) is 0 Å². The number of ether oxygens (including phenoxy) is 1. The van der Waals surface area contributed by atoms with Crippen molar-refractivity contribution in [1.82, 2.24) is 20.0 Å². The molecule has 0 spiro atoms. The molecular formula is C22H22N4O2S. The number of aryl methyl sites for hydroxylation is 1. The maximum atomic E-state index is 12.4. The van der Waals surface area contributed by atoms with Crippen molar-refractivity contribution in [2.24, 2.45) is 0 Å². The van der Waals surface area contributed by atoms with Crippen LogP contribution in [0.3, 0.4) is 0 Å². The van der Waals surface area contributed by atoms with E-state index in [9.17, 15) is 4.79 Å². The van der Waals surface area contributed by atoms with Crippen LogP contribution in [0.15, 0.2) is 47.8 Å². The minimum absolute atomic E-state index is 0.138. The molecule has 0 unspecified atom stereocenters. The van der Waals surface area contributed by atoms with Crippen molar-refractivity contribution in [3.8, 4) is 10.6 Å². The van der Waals surface area contributed by atoms with Gasteiger partial charge in [-0.25, -0.2) is 14.5 Å². The largest absolute Gasteiger partial charge is 0.456 e. The molecule has 0 bridgehead atoms. The third kappa shape index (κ3) is 4.05. The van der Waals surface area contributed by atoms with Gasteiger partial charge >= 0.3 is 5.97 Å². The fourth-order valence-electron chi connectivity index (χ4n) is 3.07. The highest BCUT2D eigenvalue weighted by molar-refractivity contribution is 7.13. The standard InChI is InChI=1S/C22H22N4O2S/c1-4-26-20-10-9-17(11-19(20)24-25-26)22(27)28-12-18-13-29-21(23-18)16-7-5-15(6-8-16)14(2)3/h5-11,13-14H,4,12H2,1-3H3. The van der Waals surface area contributed by atoms with Crippen molar-refractivity contribution in [2.45, 2.75) is 39.8 Å². The Hall–Kier alpha value is -3.06. The first-order valence-corrected chi connectivity index (χ1v) is 10.5. The van der Waals surface area contributed by atoms with E-state index in [1.165, 1.54) is 5.56 Å². The Morgan fingerprint density at radius 3 is 2.69 bits per heavy atom. The quantitative estimate of drug-likeness (QED) is 0.419. The molecular weight excluding hydrogens is 384 g/mol. The van der Waals surface area contributed by atoms with Crippen molar-refractivity contribution >= 4 is 28.3 Å². The van der Waals surface area contributed by atoms with Crippen LogP contribution in [0.2, 0.25) is 0 Å². The number of thiazole rings is 1. The number of esters is 1. The van der Waals surface area contributed by atoms with E-state index in [0.29, 0.717) is 17.0 Å². The summed E-state index contributed by atoms with van der Waals surface area (Å²) >= 11 is 1.55. The van der Waals surface area contributed by atoms with Crippen molar-refractivity contribution in [3.05, 3.63) is 64.7 Å². The first-order valence-electron chi connectivity index (χ1n) is 9.60. The van der Waals surface area contributed by atoms with Gasteiger partial charge in [0.15, 0.2) is 0 Å². The third-order valence-electron chi connectivity index (χ3n) is 4.78. The molecule has 0 atom stereocenters. The molecule has 29 heavy (non-hydrogen) atoms. The summed E-state index contributed by atoms with van der Waals surface area (Å²) in [6.07, 6.45) is 0. The molecule has 6 nitrogen and oxygen atoms in total. The van der Waals surface area contributed by atoms with Gasteiger partial charge in [0.1, 0.15) is 17.1 Å². The molecule has 0 aliphatic rings. The SMILES string of the molecule is CCn1nnc2cc(C(=O)OCc3csc(-c4ccc(C(C)C)cc4)n3)ccc21. The van der Waals surface area contributed by atoms with Crippen LogP contribution in [-0.2, 0) is 17.9 Å². The highest BCUT2D eigenvalue weighted by Crippen LogP contribution is 2.26. The van der Waals surface area contributed by atoms with Gasteiger partial charge < -0.3 is 4.74 Å². The summed E-state index contributed by atoms with van der Waals surface area (Å²) in [7, 11) is 0. The number of hydrogen-bond donors (Lipinski definition) is 0. The fraction of sp³-hybridized carbons (Fsp3) is 0.273. The van der Waals surface area contributed by atoms with E-state index in [4.69, 9.17) is 4.74 Å². The summed E-state index contributed by atoms with van der Waals surface area (Å²) in [5, 5.41) is 11.0. The lowest BCUT2D eigenvalue weighted by molar-refractivity contribution is 0.0468. The Balaban J connectivity index is 1.42. The molecule has 0 radical (unpaired) electrons. The molecule has 148 valence electrons. The number of benzene rings is 2. The number of nitrogens with zero attached hydrogens (tertiary/aromatic N) is 4. The van der Waals surface area contributed by atoms with Gasteiger partial charge in [-0.1, -0.05) is 43.3 Å². The fourth-order valence-corrected chi connectivity index (χ4v) is 3.88. The molecule has 4 rings (SSSR count). The molecule has 0 saturated heterocycles. The molecule has 2 aromatic carbocycles. The number of rotatable bonds is 6. The van der Waals surface area contributed by atoms with Crippen molar-refractivity contribution in [3.63, 3.8) is 0 Å². The van der Waals surface area contributed by atoms with Gasteiger partial charge in [0.05, 0.1) is 16.8 Å². The molecule has 0 saturated carbocycles.